The predicted molar refractivity (Wildman–Crippen MR) is 104 cm³/mol. The minimum atomic E-state index is -4.32. The van der Waals surface area contributed by atoms with Gasteiger partial charge in [-0.15, -0.1) is 0 Å². The molecule has 1 heterocycles. The minimum Gasteiger partial charge on any atom is -0.166 e. The van der Waals surface area contributed by atoms with Crippen molar-refractivity contribution in [2.45, 2.75) is 42.2 Å². The van der Waals surface area contributed by atoms with Crippen LogP contribution in [0.1, 0.15) is 46.2 Å². The normalized spacial score (nSPS) is 14.4. The second-order valence-corrected chi connectivity index (χ2v) is 8.19. The Bertz CT molecular complexity index is 1000. The first-order valence-electron chi connectivity index (χ1n) is 8.88. The van der Waals surface area contributed by atoms with Crippen LogP contribution in [0, 0.1) is 6.92 Å². The topological polar surface area (TPSA) is 0 Å². The molecule has 0 saturated heterocycles. The molecule has 0 N–H and O–H groups in total. The first-order chi connectivity index (χ1) is 12.8. The molecule has 0 aliphatic carbocycles. The predicted octanol–water partition coefficient (Wildman–Crippen LogP) is 7.22. The summed E-state index contributed by atoms with van der Waals surface area (Å²) in [6.07, 6.45) is -3.46. The summed E-state index contributed by atoms with van der Waals surface area (Å²) in [4.78, 5) is 2.50. The van der Waals surface area contributed by atoms with Gasteiger partial charge >= 0.3 is 6.18 Å². The van der Waals surface area contributed by atoms with Crippen molar-refractivity contribution in [3.05, 3.63) is 94.0 Å². The Hall–Kier alpha value is -2.20. The lowest BCUT2D eigenvalue weighted by Gasteiger charge is -2.22. The Morgan fingerprint density at radius 3 is 2.37 bits per heavy atom. The molecule has 138 valence electrons. The number of benzene rings is 3. The van der Waals surface area contributed by atoms with Crippen molar-refractivity contribution in [2.24, 2.45) is 0 Å². The number of hydrogen-bond acceptors (Lipinski definition) is 1. The fourth-order valence-corrected chi connectivity index (χ4v) is 4.65. The van der Waals surface area contributed by atoms with Crippen LogP contribution in [0.5, 0.6) is 0 Å². The molecule has 1 aliphatic heterocycles. The van der Waals surface area contributed by atoms with Gasteiger partial charge in [-0.3, -0.25) is 0 Å². The molecule has 0 radical (unpaired) electrons. The van der Waals surface area contributed by atoms with E-state index < -0.39 is 11.7 Å². The maximum Gasteiger partial charge on any atom is 0.416 e. The van der Waals surface area contributed by atoms with Gasteiger partial charge in [-0.1, -0.05) is 60.6 Å². The molecule has 0 bridgehead atoms. The second kappa shape index (κ2) is 6.75. The number of hydrogen-bond donors (Lipinski definition) is 0. The number of fused-ring (bicyclic) bond motifs is 2. The van der Waals surface area contributed by atoms with E-state index in [-0.39, 0.29) is 5.92 Å². The molecule has 1 atom stereocenters. The summed E-state index contributed by atoms with van der Waals surface area (Å²) >= 11 is 1.76. The molecule has 1 aliphatic rings. The van der Waals surface area contributed by atoms with Gasteiger partial charge in [0.1, 0.15) is 0 Å². The molecule has 0 saturated carbocycles. The van der Waals surface area contributed by atoms with Crippen molar-refractivity contribution < 1.29 is 13.2 Å². The van der Waals surface area contributed by atoms with Crippen molar-refractivity contribution in [3.8, 4) is 0 Å². The maximum absolute atomic E-state index is 13.2. The van der Waals surface area contributed by atoms with Crippen molar-refractivity contribution in [2.75, 3.05) is 0 Å². The number of halogens is 3. The maximum atomic E-state index is 13.2. The zero-order chi connectivity index (χ0) is 19.2. The summed E-state index contributed by atoms with van der Waals surface area (Å²) in [7, 11) is 0. The number of aryl methyl sites for hydroxylation is 1. The lowest BCUT2D eigenvalue weighted by molar-refractivity contribution is -0.137. The summed E-state index contributed by atoms with van der Waals surface area (Å²) in [5, 5.41) is 0. The standard InChI is InChI=1S/C23H19F3S/c1-14-9-18(13-20(10-14)23(24,25)26)15(2)16-7-8-22-19(11-16)12-17-5-3-4-6-21(17)27-22/h3-11,13,15H,12H2,1-2H3. The Morgan fingerprint density at radius 1 is 0.852 bits per heavy atom. The van der Waals surface area contributed by atoms with Crippen molar-refractivity contribution in [1.29, 1.82) is 0 Å². The first kappa shape index (κ1) is 18.2. The smallest absolute Gasteiger partial charge is 0.166 e. The fourth-order valence-electron chi connectivity index (χ4n) is 3.60. The Balaban J connectivity index is 1.68. The van der Waals surface area contributed by atoms with Gasteiger partial charge < -0.3 is 0 Å². The van der Waals surface area contributed by atoms with Gasteiger partial charge in [-0.25, -0.2) is 0 Å². The number of alkyl halides is 3. The highest BCUT2D eigenvalue weighted by Gasteiger charge is 2.31. The van der Waals surface area contributed by atoms with Crippen LogP contribution in [0.15, 0.2) is 70.5 Å². The van der Waals surface area contributed by atoms with Crippen molar-refractivity contribution in [1.82, 2.24) is 0 Å². The van der Waals surface area contributed by atoms with Gasteiger partial charge in [0.05, 0.1) is 5.56 Å². The Labute approximate surface area is 161 Å². The summed E-state index contributed by atoms with van der Waals surface area (Å²) in [6.45, 7) is 3.69. The van der Waals surface area contributed by atoms with Gasteiger partial charge in [0.2, 0.25) is 0 Å². The van der Waals surface area contributed by atoms with Crippen LogP contribution < -0.4 is 0 Å². The van der Waals surface area contributed by atoms with Crippen LogP contribution in [0.2, 0.25) is 0 Å². The average molecular weight is 384 g/mol. The average Bonchev–Trinajstić information content (AvgIpc) is 2.64. The molecule has 0 aromatic heterocycles. The van der Waals surface area contributed by atoms with Crippen LogP contribution in [0.4, 0.5) is 13.2 Å². The summed E-state index contributed by atoms with van der Waals surface area (Å²) in [5.74, 6) is -0.0986. The Kier molecular flexibility index (Phi) is 4.55. The zero-order valence-electron chi connectivity index (χ0n) is 15.1. The van der Waals surface area contributed by atoms with Gasteiger partial charge in [0.25, 0.3) is 0 Å². The van der Waals surface area contributed by atoms with Gasteiger partial charge in [-0.2, -0.15) is 13.2 Å². The molecular formula is C23H19F3S. The fraction of sp³-hybridized carbons (Fsp3) is 0.217. The largest absolute Gasteiger partial charge is 0.416 e. The van der Waals surface area contributed by atoms with Crippen LogP contribution in [-0.4, -0.2) is 0 Å². The van der Waals surface area contributed by atoms with E-state index in [2.05, 4.69) is 24.3 Å². The van der Waals surface area contributed by atoms with Gasteiger partial charge in [0, 0.05) is 15.7 Å². The van der Waals surface area contributed by atoms with E-state index in [1.54, 1.807) is 18.7 Å². The minimum absolute atomic E-state index is 0.0986. The SMILES string of the molecule is Cc1cc(C(C)c2ccc3c(c2)Cc2ccccc2S3)cc(C(F)(F)F)c1. The first-order valence-corrected chi connectivity index (χ1v) is 9.70. The Morgan fingerprint density at radius 2 is 1.59 bits per heavy atom. The summed E-state index contributed by atoms with van der Waals surface area (Å²) < 4.78 is 39.5. The van der Waals surface area contributed by atoms with Gasteiger partial charge in [0.15, 0.2) is 0 Å². The molecule has 4 rings (SSSR count). The van der Waals surface area contributed by atoms with E-state index in [0.29, 0.717) is 11.1 Å². The highest BCUT2D eigenvalue weighted by molar-refractivity contribution is 7.99. The third kappa shape index (κ3) is 3.63. The van der Waals surface area contributed by atoms with Crippen LogP contribution in [-0.2, 0) is 12.6 Å². The lowest BCUT2D eigenvalue weighted by atomic mass is 9.89. The molecule has 0 amide bonds. The van der Waals surface area contributed by atoms with E-state index >= 15 is 0 Å². The van der Waals surface area contributed by atoms with E-state index in [0.717, 1.165) is 12.0 Å². The second-order valence-electron chi connectivity index (χ2n) is 7.11. The summed E-state index contributed by atoms with van der Waals surface area (Å²) in [5.41, 5.74) is 4.35. The third-order valence-electron chi connectivity index (χ3n) is 5.08. The lowest BCUT2D eigenvalue weighted by Crippen LogP contribution is -2.08. The van der Waals surface area contributed by atoms with Crippen LogP contribution in [0.25, 0.3) is 0 Å². The number of rotatable bonds is 2. The molecule has 0 nitrogen and oxygen atoms in total. The summed E-state index contributed by atoms with van der Waals surface area (Å²) in [6, 6.07) is 19.0. The van der Waals surface area contributed by atoms with Crippen molar-refractivity contribution in [3.63, 3.8) is 0 Å². The van der Waals surface area contributed by atoms with Crippen LogP contribution >= 0.6 is 11.8 Å². The molecule has 0 fully saturated rings. The molecule has 1 unspecified atom stereocenters. The molecule has 4 heteroatoms. The molecule has 3 aromatic carbocycles. The van der Waals surface area contributed by atoms with Crippen LogP contribution in [0.3, 0.4) is 0 Å². The molecule has 3 aromatic rings. The molecule has 27 heavy (non-hydrogen) atoms. The quantitative estimate of drug-likeness (QED) is 0.351. The molecule has 0 spiro atoms. The molecular weight excluding hydrogens is 365 g/mol. The van der Waals surface area contributed by atoms with E-state index in [1.807, 2.05) is 31.2 Å². The monoisotopic (exact) mass is 384 g/mol. The van der Waals surface area contributed by atoms with Gasteiger partial charge in [-0.05, 0) is 59.9 Å². The van der Waals surface area contributed by atoms with E-state index in [9.17, 15) is 13.2 Å². The third-order valence-corrected chi connectivity index (χ3v) is 6.32. The van der Waals surface area contributed by atoms with Crippen molar-refractivity contribution >= 4 is 11.8 Å². The zero-order valence-corrected chi connectivity index (χ0v) is 15.9. The highest BCUT2D eigenvalue weighted by atomic mass is 32.2. The van der Waals surface area contributed by atoms with E-state index in [1.165, 1.54) is 33.1 Å². The highest BCUT2D eigenvalue weighted by Crippen LogP contribution is 2.41. The van der Waals surface area contributed by atoms with E-state index in [4.69, 9.17) is 0 Å².